The number of H-pyrrole nitrogens is 1. The number of para-hydroxylation sites is 1. The van der Waals surface area contributed by atoms with Gasteiger partial charge in [-0.3, -0.25) is 4.79 Å². The molecule has 1 aromatic heterocycles. The molecule has 3 rings (SSSR count). The average Bonchev–Trinajstić information content (AvgIpc) is 3.36. The van der Waals surface area contributed by atoms with Crippen LogP contribution in [0.25, 0.3) is 10.9 Å². The molecule has 31 heavy (non-hydrogen) atoms. The number of aromatic nitrogens is 1. The quantitative estimate of drug-likeness (QED) is 0.392. The summed E-state index contributed by atoms with van der Waals surface area (Å²) >= 11 is 0. The third-order valence-electron chi connectivity index (χ3n) is 5.70. The van der Waals surface area contributed by atoms with Crippen molar-refractivity contribution in [1.82, 2.24) is 15.6 Å². The lowest BCUT2D eigenvalue weighted by atomic mass is 9.75. The molecule has 1 aromatic carbocycles. The molecule has 1 saturated carbocycles. The highest BCUT2D eigenvalue weighted by Crippen LogP contribution is 2.22. The highest BCUT2D eigenvalue weighted by atomic mass is 16.6. The number of hydrogen-bond acceptors (Lipinski definition) is 5. The van der Waals surface area contributed by atoms with Crippen molar-refractivity contribution in [2.45, 2.75) is 70.5 Å². The van der Waals surface area contributed by atoms with Gasteiger partial charge in [-0.05, 0) is 49.7 Å². The van der Waals surface area contributed by atoms with Crippen molar-refractivity contribution in [2.24, 2.45) is 5.92 Å². The van der Waals surface area contributed by atoms with Crippen LogP contribution in [-0.2, 0) is 16.0 Å². The van der Waals surface area contributed by atoms with Crippen LogP contribution in [0.3, 0.4) is 0 Å². The molecule has 5 N–H and O–H groups in total. The van der Waals surface area contributed by atoms with E-state index in [-0.39, 0.29) is 18.4 Å². The maximum Gasteiger partial charge on any atom is 0.475 e. The van der Waals surface area contributed by atoms with E-state index in [0.717, 1.165) is 42.1 Å². The Morgan fingerprint density at radius 2 is 1.90 bits per heavy atom. The number of benzene rings is 1. The molecule has 2 atom stereocenters. The molecule has 168 valence electrons. The molecule has 0 saturated heterocycles. The minimum Gasteiger partial charge on any atom is -0.446 e. The lowest BCUT2D eigenvalue weighted by Gasteiger charge is -2.24. The van der Waals surface area contributed by atoms with E-state index in [4.69, 9.17) is 4.74 Å². The summed E-state index contributed by atoms with van der Waals surface area (Å²) in [6.07, 6.45) is 5.44. The fraction of sp³-hybridized carbons (Fsp3) is 0.545. The van der Waals surface area contributed by atoms with E-state index in [1.807, 2.05) is 44.3 Å². The Morgan fingerprint density at radius 3 is 2.58 bits per heavy atom. The van der Waals surface area contributed by atoms with Crippen molar-refractivity contribution in [2.75, 3.05) is 0 Å². The van der Waals surface area contributed by atoms with Crippen molar-refractivity contribution in [3.8, 4) is 0 Å². The van der Waals surface area contributed by atoms with Gasteiger partial charge in [0.15, 0.2) is 0 Å². The Labute approximate surface area is 182 Å². The molecule has 9 heteroatoms. The maximum absolute atomic E-state index is 13.1. The van der Waals surface area contributed by atoms with E-state index < -0.39 is 31.1 Å². The second-order valence-corrected chi connectivity index (χ2v) is 8.73. The number of rotatable bonds is 9. The molecule has 1 aliphatic carbocycles. The number of ether oxygens (including phenoxy) is 1. The van der Waals surface area contributed by atoms with E-state index in [9.17, 15) is 19.6 Å². The number of alkyl carbamates (subject to hydrolysis) is 1. The third kappa shape index (κ3) is 6.48. The Bertz CT molecular complexity index is 879. The second-order valence-electron chi connectivity index (χ2n) is 8.73. The Kier molecular flexibility index (Phi) is 7.98. The summed E-state index contributed by atoms with van der Waals surface area (Å²) in [4.78, 5) is 28.7. The first-order valence-corrected chi connectivity index (χ1v) is 11.0. The van der Waals surface area contributed by atoms with E-state index in [2.05, 4.69) is 15.6 Å². The van der Waals surface area contributed by atoms with Gasteiger partial charge >= 0.3 is 13.2 Å². The monoisotopic (exact) mass is 429 g/mol. The SMILES string of the molecule is CC(C)C[C@H](NC(=O)[C@H](Cc1c[nH]c2ccccc12)NC(=O)OC1CCCC1)B(O)O. The molecule has 0 radical (unpaired) electrons. The summed E-state index contributed by atoms with van der Waals surface area (Å²) < 4.78 is 5.48. The van der Waals surface area contributed by atoms with E-state index in [1.54, 1.807) is 0 Å². The topological polar surface area (TPSA) is 124 Å². The number of aromatic amines is 1. The predicted octanol–water partition coefficient (Wildman–Crippen LogP) is 2.29. The summed E-state index contributed by atoms with van der Waals surface area (Å²) in [6, 6.07) is 6.81. The molecule has 1 fully saturated rings. The van der Waals surface area contributed by atoms with Crippen LogP contribution in [0.1, 0.15) is 51.5 Å². The summed E-state index contributed by atoms with van der Waals surface area (Å²) in [5, 5.41) is 25.7. The Morgan fingerprint density at radius 1 is 1.19 bits per heavy atom. The van der Waals surface area contributed by atoms with E-state index in [1.165, 1.54) is 0 Å². The zero-order valence-electron chi connectivity index (χ0n) is 18.1. The van der Waals surface area contributed by atoms with E-state index >= 15 is 0 Å². The second kappa shape index (κ2) is 10.7. The van der Waals surface area contributed by atoms with Gasteiger partial charge in [0, 0.05) is 23.5 Å². The minimum absolute atomic E-state index is 0.121. The van der Waals surface area contributed by atoms with Gasteiger partial charge in [-0.15, -0.1) is 0 Å². The number of fused-ring (bicyclic) bond motifs is 1. The molecule has 2 aromatic rings. The maximum atomic E-state index is 13.1. The van der Waals surface area contributed by atoms with E-state index in [0.29, 0.717) is 6.42 Å². The molecule has 0 spiro atoms. The fourth-order valence-electron chi connectivity index (χ4n) is 4.11. The van der Waals surface area contributed by atoms with Gasteiger partial charge in [0.05, 0.1) is 5.94 Å². The summed E-state index contributed by atoms with van der Waals surface area (Å²) in [7, 11) is -1.69. The number of hydrogen-bond donors (Lipinski definition) is 5. The molecular weight excluding hydrogens is 397 g/mol. The lowest BCUT2D eigenvalue weighted by Crippen LogP contribution is -2.55. The number of nitrogens with one attached hydrogen (secondary N) is 3. The van der Waals surface area contributed by atoms with Gasteiger partial charge in [0.25, 0.3) is 0 Å². The van der Waals surface area contributed by atoms with Crippen molar-refractivity contribution in [3.05, 3.63) is 36.0 Å². The minimum atomic E-state index is -1.69. The first kappa shape index (κ1) is 23.2. The number of carbonyl (C=O) groups excluding carboxylic acids is 2. The summed E-state index contributed by atoms with van der Waals surface area (Å²) in [5.41, 5.74) is 1.82. The normalized spacial score (nSPS) is 16.3. The van der Waals surface area contributed by atoms with Crippen LogP contribution < -0.4 is 10.6 Å². The molecule has 2 amide bonds. The zero-order chi connectivity index (χ0) is 22.4. The van der Waals surface area contributed by atoms with Crippen LogP contribution in [0, 0.1) is 5.92 Å². The predicted molar refractivity (Wildman–Crippen MR) is 119 cm³/mol. The fourth-order valence-corrected chi connectivity index (χ4v) is 4.11. The largest absolute Gasteiger partial charge is 0.475 e. The smallest absolute Gasteiger partial charge is 0.446 e. The molecule has 8 nitrogen and oxygen atoms in total. The first-order chi connectivity index (χ1) is 14.8. The van der Waals surface area contributed by atoms with Crippen LogP contribution in [0.4, 0.5) is 4.79 Å². The zero-order valence-corrected chi connectivity index (χ0v) is 18.1. The molecular formula is C22H32BN3O5. The molecule has 0 aliphatic heterocycles. The standard InChI is InChI=1S/C22H32BN3O5/c1-14(2)11-20(23(29)30)26-21(27)19(25-22(28)31-16-7-3-4-8-16)12-15-13-24-18-10-6-5-9-17(15)18/h5-6,9-10,13-14,16,19-20,24,29-30H,3-4,7-8,11-12H2,1-2H3,(H,25,28)(H,26,27)/t19-,20-/m0/s1. The van der Waals surface area contributed by atoms with Gasteiger partial charge in [0.2, 0.25) is 5.91 Å². The first-order valence-electron chi connectivity index (χ1n) is 11.0. The summed E-state index contributed by atoms with van der Waals surface area (Å²) in [6.45, 7) is 3.87. The Hall–Kier alpha value is -2.52. The van der Waals surface area contributed by atoms with Crippen molar-refractivity contribution in [1.29, 1.82) is 0 Å². The average molecular weight is 429 g/mol. The molecule has 0 unspecified atom stereocenters. The number of carbonyl (C=O) groups is 2. The van der Waals surface area contributed by atoms with Crippen molar-refractivity contribution < 1.29 is 24.4 Å². The Balaban J connectivity index is 1.75. The molecule has 1 aliphatic rings. The lowest BCUT2D eigenvalue weighted by molar-refractivity contribution is -0.123. The highest BCUT2D eigenvalue weighted by Gasteiger charge is 2.31. The van der Waals surface area contributed by atoms with Crippen LogP contribution in [0.15, 0.2) is 30.5 Å². The van der Waals surface area contributed by atoms with Crippen LogP contribution in [-0.4, -0.2) is 52.2 Å². The van der Waals surface area contributed by atoms with Crippen LogP contribution in [0.5, 0.6) is 0 Å². The highest BCUT2D eigenvalue weighted by molar-refractivity contribution is 6.43. The third-order valence-corrected chi connectivity index (χ3v) is 5.70. The van der Waals surface area contributed by atoms with Crippen LogP contribution >= 0.6 is 0 Å². The number of amides is 2. The van der Waals surface area contributed by atoms with Crippen LogP contribution in [0.2, 0.25) is 0 Å². The van der Waals surface area contributed by atoms with Gasteiger partial charge in [-0.2, -0.15) is 0 Å². The van der Waals surface area contributed by atoms with Gasteiger partial charge in [0.1, 0.15) is 12.1 Å². The van der Waals surface area contributed by atoms with Crippen molar-refractivity contribution >= 4 is 30.0 Å². The van der Waals surface area contributed by atoms with Gasteiger partial charge in [-0.25, -0.2) is 4.79 Å². The van der Waals surface area contributed by atoms with Gasteiger partial charge in [-0.1, -0.05) is 32.0 Å². The summed E-state index contributed by atoms with van der Waals surface area (Å²) in [5.74, 6) is -1.16. The molecule has 0 bridgehead atoms. The van der Waals surface area contributed by atoms with Gasteiger partial charge < -0.3 is 30.4 Å². The molecule has 1 heterocycles. The van der Waals surface area contributed by atoms with Crippen molar-refractivity contribution in [3.63, 3.8) is 0 Å².